The van der Waals surface area contributed by atoms with Gasteiger partial charge in [0.25, 0.3) is 5.89 Å². The first-order valence-electron chi connectivity index (χ1n) is 11.6. The average molecular weight is 480 g/mol. The van der Waals surface area contributed by atoms with Crippen LogP contribution in [0, 0.1) is 6.92 Å². The van der Waals surface area contributed by atoms with Gasteiger partial charge >= 0.3 is 0 Å². The number of aliphatic hydroxyl groups is 1. The number of aryl methyl sites for hydroxylation is 1. The van der Waals surface area contributed by atoms with Crippen molar-refractivity contribution in [3.63, 3.8) is 0 Å². The highest BCUT2D eigenvalue weighted by molar-refractivity contribution is 7.98. The Morgan fingerprint density at radius 3 is 2.71 bits per heavy atom. The van der Waals surface area contributed by atoms with Crippen molar-refractivity contribution in [2.75, 3.05) is 32.5 Å². The molecular weight excluding hydrogens is 450 g/mol. The fourth-order valence-corrected chi connectivity index (χ4v) is 5.01. The Bertz CT molecular complexity index is 1250. The number of likely N-dealkylation sites (tertiary alicyclic amines) is 1. The molecule has 1 aliphatic rings. The topological polar surface area (TPSA) is 84.8 Å². The van der Waals surface area contributed by atoms with E-state index in [1.807, 2.05) is 24.3 Å². The summed E-state index contributed by atoms with van der Waals surface area (Å²) in [5, 5.41) is 19.3. The van der Waals surface area contributed by atoms with E-state index in [9.17, 15) is 5.11 Å². The fraction of sp³-hybridized carbons (Fsp3) is 0.385. The van der Waals surface area contributed by atoms with E-state index in [4.69, 9.17) is 13.6 Å². The Balaban J connectivity index is 1.15. The molecule has 34 heavy (non-hydrogen) atoms. The smallest absolute Gasteiger partial charge is 0.283 e. The predicted molar refractivity (Wildman–Crippen MR) is 132 cm³/mol. The molecule has 178 valence electrons. The van der Waals surface area contributed by atoms with Crippen LogP contribution < -0.4 is 4.74 Å². The van der Waals surface area contributed by atoms with Gasteiger partial charge in [-0.05, 0) is 67.9 Å². The van der Waals surface area contributed by atoms with E-state index >= 15 is 0 Å². The van der Waals surface area contributed by atoms with Crippen molar-refractivity contribution in [3.05, 3.63) is 60.0 Å². The maximum Gasteiger partial charge on any atom is 0.283 e. The lowest BCUT2D eigenvalue weighted by molar-refractivity contribution is 0.0599. The van der Waals surface area contributed by atoms with E-state index in [-0.39, 0.29) is 6.61 Å². The number of rotatable bonds is 8. The molecule has 0 unspecified atom stereocenters. The van der Waals surface area contributed by atoms with E-state index in [0.717, 1.165) is 31.3 Å². The standard InChI is InChI=1S/C26H29N3O4S/c1-17-27-28-26(32-17)25-14-22-23(7-4-8-24(22)33-25)31-16-20(30)15-29-11-9-18(10-12-29)19-5-3-6-21(13-19)34-2/h3-8,13-14,18,20,30H,9-12,15-16H2,1-2H3/t20-/m0/s1. The van der Waals surface area contributed by atoms with Gasteiger partial charge in [-0.25, -0.2) is 0 Å². The molecule has 0 amide bonds. The summed E-state index contributed by atoms with van der Waals surface area (Å²) in [6, 6.07) is 16.3. The van der Waals surface area contributed by atoms with Crippen LogP contribution in [0.5, 0.6) is 5.75 Å². The van der Waals surface area contributed by atoms with Gasteiger partial charge in [-0.1, -0.05) is 18.2 Å². The van der Waals surface area contributed by atoms with Gasteiger partial charge in [-0.2, -0.15) is 0 Å². The number of nitrogens with zero attached hydrogens (tertiary/aromatic N) is 3. The number of hydrogen-bond acceptors (Lipinski definition) is 8. The third-order valence-electron chi connectivity index (χ3n) is 6.31. The zero-order valence-electron chi connectivity index (χ0n) is 19.4. The van der Waals surface area contributed by atoms with Gasteiger partial charge in [0.1, 0.15) is 24.0 Å². The Kier molecular flexibility index (Phi) is 6.89. The summed E-state index contributed by atoms with van der Waals surface area (Å²) < 4.78 is 17.3. The van der Waals surface area contributed by atoms with Crippen molar-refractivity contribution < 1.29 is 18.7 Å². The van der Waals surface area contributed by atoms with Crippen molar-refractivity contribution in [1.82, 2.24) is 15.1 Å². The number of aromatic nitrogens is 2. The molecule has 3 heterocycles. The summed E-state index contributed by atoms with van der Waals surface area (Å²) >= 11 is 1.79. The van der Waals surface area contributed by atoms with Crippen molar-refractivity contribution in [3.8, 4) is 17.4 Å². The van der Waals surface area contributed by atoms with E-state index < -0.39 is 6.10 Å². The number of benzene rings is 2. The number of β-amino-alcohol motifs (C(OH)–C–C–N with tert-alkyl or cyclic N) is 1. The normalized spacial score (nSPS) is 16.2. The number of thioether (sulfide) groups is 1. The Labute approximate surface area is 203 Å². The third-order valence-corrected chi connectivity index (χ3v) is 7.04. The predicted octanol–water partition coefficient (Wildman–Crippen LogP) is 5.13. The molecule has 4 aromatic rings. The zero-order chi connectivity index (χ0) is 23.5. The number of aliphatic hydroxyl groups excluding tert-OH is 1. The number of fused-ring (bicyclic) bond motifs is 1. The molecule has 0 saturated carbocycles. The second-order valence-electron chi connectivity index (χ2n) is 8.72. The molecule has 7 nitrogen and oxygen atoms in total. The second kappa shape index (κ2) is 10.2. The van der Waals surface area contributed by atoms with Crippen LogP contribution >= 0.6 is 11.8 Å². The van der Waals surface area contributed by atoms with Crippen LogP contribution in [0.15, 0.2) is 62.3 Å². The van der Waals surface area contributed by atoms with Crippen LogP contribution in [0.3, 0.4) is 0 Å². The largest absolute Gasteiger partial charge is 0.490 e. The molecule has 1 saturated heterocycles. The molecule has 2 aromatic carbocycles. The van der Waals surface area contributed by atoms with Crippen LogP contribution in [-0.4, -0.2) is 58.8 Å². The highest BCUT2D eigenvalue weighted by atomic mass is 32.2. The van der Waals surface area contributed by atoms with Crippen molar-refractivity contribution in [1.29, 1.82) is 0 Å². The van der Waals surface area contributed by atoms with Gasteiger partial charge in [0.2, 0.25) is 5.89 Å². The minimum Gasteiger partial charge on any atom is -0.490 e. The minimum absolute atomic E-state index is 0.217. The van der Waals surface area contributed by atoms with Gasteiger partial charge in [-0.3, -0.25) is 0 Å². The van der Waals surface area contributed by atoms with E-state index in [1.165, 1.54) is 10.5 Å². The van der Waals surface area contributed by atoms with E-state index in [0.29, 0.717) is 41.3 Å². The molecule has 1 aliphatic heterocycles. The molecule has 5 rings (SSSR count). The Morgan fingerprint density at radius 1 is 1.12 bits per heavy atom. The third kappa shape index (κ3) is 5.14. The van der Waals surface area contributed by atoms with E-state index in [1.54, 1.807) is 18.7 Å². The summed E-state index contributed by atoms with van der Waals surface area (Å²) in [6.07, 6.45) is 3.76. The molecule has 8 heteroatoms. The van der Waals surface area contributed by atoms with Crippen LogP contribution in [0.1, 0.15) is 30.2 Å². The molecule has 1 N–H and O–H groups in total. The summed E-state index contributed by atoms with van der Waals surface area (Å²) in [5.74, 6) is 2.57. The first-order valence-corrected chi connectivity index (χ1v) is 12.8. The monoisotopic (exact) mass is 479 g/mol. The van der Waals surface area contributed by atoms with Gasteiger partial charge in [0.15, 0.2) is 5.76 Å². The van der Waals surface area contributed by atoms with Crippen LogP contribution in [0.25, 0.3) is 22.6 Å². The number of furan rings is 1. The summed E-state index contributed by atoms with van der Waals surface area (Å²) in [4.78, 5) is 3.65. The van der Waals surface area contributed by atoms with E-state index in [2.05, 4.69) is 45.6 Å². The lowest BCUT2D eigenvalue weighted by Crippen LogP contribution is -2.40. The minimum atomic E-state index is -0.573. The molecule has 0 bridgehead atoms. The lowest BCUT2D eigenvalue weighted by atomic mass is 9.89. The van der Waals surface area contributed by atoms with Crippen molar-refractivity contribution >= 4 is 22.7 Å². The lowest BCUT2D eigenvalue weighted by Gasteiger charge is -2.33. The van der Waals surface area contributed by atoms with Crippen molar-refractivity contribution in [2.24, 2.45) is 0 Å². The first-order chi connectivity index (χ1) is 16.6. The summed E-state index contributed by atoms with van der Waals surface area (Å²) in [5.41, 5.74) is 2.10. The van der Waals surface area contributed by atoms with Crippen LogP contribution in [-0.2, 0) is 0 Å². The Morgan fingerprint density at radius 2 is 1.94 bits per heavy atom. The highest BCUT2D eigenvalue weighted by Crippen LogP contribution is 2.33. The highest BCUT2D eigenvalue weighted by Gasteiger charge is 2.23. The zero-order valence-corrected chi connectivity index (χ0v) is 20.3. The molecule has 0 spiro atoms. The number of hydrogen-bond donors (Lipinski definition) is 1. The maximum atomic E-state index is 10.6. The molecule has 0 radical (unpaired) electrons. The van der Waals surface area contributed by atoms with Gasteiger partial charge < -0.3 is 23.6 Å². The Hall–Kier alpha value is -2.81. The van der Waals surface area contributed by atoms with Gasteiger partial charge in [-0.15, -0.1) is 22.0 Å². The van der Waals surface area contributed by atoms with Crippen LogP contribution in [0.4, 0.5) is 0 Å². The van der Waals surface area contributed by atoms with Crippen LogP contribution in [0.2, 0.25) is 0 Å². The van der Waals surface area contributed by atoms with Crippen molar-refractivity contribution in [2.45, 2.75) is 36.7 Å². The molecule has 1 fully saturated rings. The molecule has 2 aromatic heterocycles. The average Bonchev–Trinajstić information content (AvgIpc) is 3.49. The first kappa shape index (κ1) is 23.0. The maximum absolute atomic E-state index is 10.6. The van der Waals surface area contributed by atoms with Gasteiger partial charge in [0.05, 0.1) is 5.39 Å². The molecule has 0 aliphatic carbocycles. The second-order valence-corrected chi connectivity index (χ2v) is 9.60. The summed E-state index contributed by atoms with van der Waals surface area (Å²) in [6.45, 7) is 4.52. The van der Waals surface area contributed by atoms with Gasteiger partial charge in [0, 0.05) is 24.4 Å². The number of piperidine rings is 1. The fourth-order valence-electron chi connectivity index (χ4n) is 4.54. The number of ether oxygens (including phenoxy) is 1. The SMILES string of the molecule is CSc1cccc(C2CCN(C[C@H](O)COc3cccc4oc(-c5nnc(C)o5)cc34)CC2)c1. The molecule has 1 atom stereocenters. The summed E-state index contributed by atoms with van der Waals surface area (Å²) in [7, 11) is 0. The quantitative estimate of drug-likeness (QED) is 0.348. The molecular formula is C26H29N3O4S.